The Kier molecular flexibility index (Phi) is 5.50. The number of carboxylic acid groups (broad SMARTS) is 1. The van der Waals surface area contributed by atoms with E-state index in [2.05, 4.69) is 15.7 Å². The van der Waals surface area contributed by atoms with Gasteiger partial charge in [0.25, 0.3) is 5.91 Å². The highest BCUT2D eigenvalue weighted by Crippen LogP contribution is 2.27. The van der Waals surface area contributed by atoms with E-state index in [0.717, 1.165) is 15.9 Å². The Balaban J connectivity index is 1.55. The largest absolute Gasteiger partial charge is 0.481 e. The first-order chi connectivity index (χ1) is 12.8. The number of carbonyl (C=O) groups excluding carboxylic acids is 2. The van der Waals surface area contributed by atoms with E-state index < -0.39 is 12.0 Å². The molecule has 3 rings (SSSR count). The lowest BCUT2D eigenvalue weighted by atomic mass is 9.86. The van der Waals surface area contributed by atoms with Crippen molar-refractivity contribution >= 4 is 39.3 Å². The zero-order valence-electron chi connectivity index (χ0n) is 15.6. The molecule has 0 spiro atoms. The van der Waals surface area contributed by atoms with Crippen LogP contribution in [0.25, 0.3) is 10.2 Å². The molecule has 2 heterocycles. The number of aliphatic carboxylic acids is 1. The van der Waals surface area contributed by atoms with Crippen LogP contribution in [0.1, 0.15) is 48.0 Å². The van der Waals surface area contributed by atoms with E-state index in [0.29, 0.717) is 30.6 Å². The SMILES string of the molecule is Cc1nn(C)c2sc(C(=O)NC(C)C(=O)NC3CCC(C(=O)O)CC3)cc12. The average Bonchev–Trinajstić information content (AvgIpc) is 3.17. The van der Waals surface area contributed by atoms with Crippen molar-refractivity contribution in [1.82, 2.24) is 20.4 Å². The summed E-state index contributed by atoms with van der Waals surface area (Å²) in [6.45, 7) is 3.54. The van der Waals surface area contributed by atoms with Crippen molar-refractivity contribution in [2.45, 2.75) is 51.6 Å². The lowest BCUT2D eigenvalue weighted by Crippen LogP contribution is -2.49. The molecule has 9 heteroatoms. The number of thiophene rings is 1. The zero-order chi connectivity index (χ0) is 19.7. The molecule has 0 radical (unpaired) electrons. The lowest BCUT2D eigenvalue weighted by Gasteiger charge is -2.28. The smallest absolute Gasteiger partial charge is 0.306 e. The number of hydrogen-bond donors (Lipinski definition) is 3. The third-order valence-electron chi connectivity index (χ3n) is 5.08. The number of amides is 2. The van der Waals surface area contributed by atoms with Gasteiger partial charge in [-0.15, -0.1) is 11.3 Å². The summed E-state index contributed by atoms with van der Waals surface area (Å²) in [6.07, 6.45) is 2.42. The molecule has 8 nitrogen and oxygen atoms in total. The van der Waals surface area contributed by atoms with Gasteiger partial charge in [0.1, 0.15) is 10.9 Å². The van der Waals surface area contributed by atoms with Crippen LogP contribution in [-0.2, 0) is 16.6 Å². The summed E-state index contributed by atoms with van der Waals surface area (Å²) in [4.78, 5) is 37.3. The first-order valence-electron chi connectivity index (χ1n) is 9.03. The molecule has 27 heavy (non-hydrogen) atoms. The van der Waals surface area contributed by atoms with Crippen LogP contribution in [0.4, 0.5) is 0 Å². The van der Waals surface area contributed by atoms with Crippen molar-refractivity contribution in [2.75, 3.05) is 0 Å². The maximum atomic E-state index is 12.5. The van der Waals surface area contributed by atoms with Crippen LogP contribution in [-0.4, -0.2) is 44.8 Å². The molecule has 2 aromatic rings. The predicted octanol–water partition coefficient (Wildman–Crippen LogP) is 1.82. The van der Waals surface area contributed by atoms with E-state index in [9.17, 15) is 14.4 Å². The van der Waals surface area contributed by atoms with E-state index in [4.69, 9.17) is 5.11 Å². The minimum Gasteiger partial charge on any atom is -0.481 e. The molecule has 1 fully saturated rings. The second kappa shape index (κ2) is 7.67. The second-order valence-corrected chi connectivity index (χ2v) is 8.16. The predicted molar refractivity (Wildman–Crippen MR) is 102 cm³/mol. The van der Waals surface area contributed by atoms with Crippen LogP contribution in [0.15, 0.2) is 6.07 Å². The molecule has 0 aromatic carbocycles. The Morgan fingerprint density at radius 2 is 1.96 bits per heavy atom. The molecule has 2 aromatic heterocycles. The van der Waals surface area contributed by atoms with Crippen LogP contribution < -0.4 is 10.6 Å². The molecule has 0 aliphatic heterocycles. The fraction of sp³-hybridized carbons (Fsp3) is 0.556. The maximum absolute atomic E-state index is 12.5. The Morgan fingerprint density at radius 3 is 2.56 bits per heavy atom. The molecule has 0 saturated heterocycles. The van der Waals surface area contributed by atoms with E-state index in [1.165, 1.54) is 11.3 Å². The maximum Gasteiger partial charge on any atom is 0.306 e. The minimum absolute atomic E-state index is 0.0366. The molecule has 1 aliphatic carbocycles. The van der Waals surface area contributed by atoms with E-state index in [1.54, 1.807) is 17.7 Å². The number of hydrogen-bond acceptors (Lipinski definition) is 5. The molecule has 1 atom stereocenters. The normalized spacial score (nSPS) is 21.0. The van der Waals surface area contributed by atoms with Crippen molar-refractivity contribution in [3.05, 3.63) is 16.6 Å². The third kappa shape index (κ3) is 4.13. The first kappa shape index (κ1) is 19.3. The van der Waals surface area contributed by atoms with Crippen LogP contribution in [0, 0.1) is 12.8 Å². The number of nitrogens with one attached hydrogen (secondary N) is 2. The van der Waals surface area contributed by atoms with Crippen molar-refractivity contribution < 1.29 is 19.5 Å². The Bertz CT molecular complexity index is 845. The van der Waals surface area contributed by atoms with Gasteiger partial charge in [0, 0.05) is 18.5 Å². The van der Waals surface area contributed by atoms with Gasteiger partial charge >= 0.3 is 5.97 Å². The summed E-state index contributed by atoms with van der Waals surface area (Å²) in [6, 6.07) is 1.10. The van der Waals surface area contributed by atoms with Gasteiger partial charge in [-0.05, 0) is 45.6 Å². The van der Waals surface area contributed by atoms with Gasteiger partial charge in [0.2, 0.25) is 5.91 Å². The zero-order valence-corrected chi connectivity index (χ0v) is 16.4. The quantitative estimate of drug-likeness (QED) is 0.718. The summed E-state index contributed by atoms with van der Waals surface area (Å²) in [7, 11) is 1.84. The lowest BCUT2D eigenvalue weighted by molar-refractivity contribution is -0.142. The molecule has 0 bridgehead atoms. The fourth-order valence-corrected chi connectivity index (χ4v) is 4.49. The monoisotopic (exact) mass is 392 g/mol. The molecule has 2 amide bonds. The summed E-state index contributed by atoms with van der Waals surface area (Å²) in [5.41, 5.74) is 0.866. The van der Waals surface area contributed by atoms with Crippen LogP contribution in [0.3, 0.4) is 0 Å². The van der Waals surface area contributed by atoms with Crippen molar-refractivity contribution in [3.63, 3.8) is 0 Å². The number of nitrogens with zero attached hydrogens (tertiary/aromatic N) is 2. The molecule has 1 aliphatic rings. The number of carboxylic acids is 1. The van der Waals surface area contributed by atoms with Crippen molar-refractivity contribution in [3.8, 4) is 0 Å². The molecular weight excluding hydrogens is 368 g/mol. The molecule has 1 unspecified atom stereocenters. The van der Waals surface area contributed by atoms with Gasteiger partial charge < -0.3 is 15.7 Å². The fourth-order valence-electron chi connectivity index (χ4n) is 3.46. The average molecular weight is 392 g/mol. The van der Waals surface area contributed by atoms with Gasteiger partial charge in [-0.1, -0.05) is 0 Å². The summed E-state index contributed by atoms with van der Waals surface area (Å²) in [5, 5.41) is 19.9. The molecular formula is C18H24N4O4S. The highest BCUT2D eigenvalue weighted by molar-refractivity contribution is 7.20. The standard InChI is InChI=1S/C18H24N4O4S/c1-9-13-8-14(27-17(13)22(3)21-9)16(24)19-10(2)15(23)20-12-6-4-11(5-7-12)18(25)26/h8,10-12H,4-7H2,1-3H3,(H,19,24)(H,20,23)(H,25,26). The van der Waals surface area contributed by atoms with E-state index >= 15 is 0 Å². The molecule has 146 valence electrons. The van der Waals surface area contributed by atoms with Gasteiger partial charge in [0.05, 0.1) is 16.5 Å². The van der Waals surface area contributed by atoms with Crippen LogP contribution in [0.2, 0.25) is 0 Å². The number of carbonyl (C=O) groups is 3. The van der Waals surface area contributed by atoms with Gasteiger partial charge in [-0.3, -0.25) is 19.1 Å². The Morgan fingerprint density at radius 1 is 1.30 bits per heavy atom. The van der Waals surface area contributed by atoms with Crippen molar-refractivity contribution in [1.29, 1.82) is 0 Å². The first-order valence-corrected chi connectivity index (χ1v) is 9.85. The van der Waals surface area contributed by atoms with Crippen LogP contribution in [0.5, 0.6) is 0 Å². The number of aromatic nitrogens is 2. The Hall–Kier alpha value is -2.42. The van der Waals surface area contributed by atoms with E-state index in [-0.39, 0.29) is 23.8 Å². The van der Waals surface area contributed by atoms with E-state index in [1.807, 2.05) is 14.0 Å². The van der Waals surface area contributed by atoms with Gasteiger partial charge in [0.15, 0.2) is 0 Å². The van der Waals surface area contributed by atoms with Gasteiger partial charge in [-0.25, -0.2) is 0 Å². The molecule has 1 saturated carbocycles. The summed E-state index contributed by atoms with van der Waals surface area (Å²) in [5.74, 6) is -1.62. The highest BCUT2D eigenvalue weighted by Gasteiger charge is 2.28. The van der Waals surface area contributed by atoms with Gasteiger partial charge in [-0.2, -0.15) is 5.10 Å². The minimum atomic E-state index is -0.769. The number of aryl methyl sites for hydroxylation is 2. The summed E-state index contributed by atoms with van der Waals surface area (Å²) >= 11 is 1.35. The highest BCUT2D eigenvalue weighted by atomic mass is 32.1. The molecule has 3 N–H and O–H groups in total. The summed E-state index contributed by atoms with van der Waals surface area (Å²) < 4.78 is 1.75. The number of fused-ring (bicyclic) bond motifs is 1. The Labute approximate surface area is 160 Å². The second-order valence-electron chi connectivity index (χ2n) is 7.13. The topological polar surface area (TPSA) is 113 Å². The van der Waals surface area contributed by atoms with Crippen molar-refractivity contribution in [2.24, 2.45) is 13.0 Å². The third-order valence-corrected chi connectivity index (χ3v) is 6.28. The number of rotatable bonds is 5. The van der Waals surface area contributed by atoms with Crippen LogP contribution >= 0.6 is 11.3 Å².